The van der Waals surface area contributed by atoms with E-state index in [-0.39, 0.29) is 18.2 Å². The Hall–Kier alpha value is -2.85. The second kappa shape index (κ2) is 7.35. The predicted octanol–water partition coefficient (Wildman–Crippen LogP) is 3.67. The SMILES string of the molecule is N#Cc1ccc2nc(N[C@@H]3CCN(C(=O)OC4C5CC6CC4CC(O)(C6)C5)C3)ccc2c1. The van der Waals surface area contributed by atoms with E-state index in [0.29, 0.717) is 36.4 Å². The van der Waals surface area contributed by atoms with Crippen LogP contribution >= 0.6 is 0 Å². The third kappa shape index (κ3) is 3.47. The predicted molar refractivity (Wildman–Crippen MR) is 119 cm³/mol. The number of hydrogen-bond donors (Lipinski definition) is 2. The van der Waals surface area contributed by atoms with Crippen molar-refractivity contribution >= 4 is 22.8 Å². The highest BCUT2D eigenvalue weighted by Gasteiger charge is 2.56. The molecule has 7 heteroatoms. The van der Waals surface area contributed by atoms with E-state index in [1.165, 1.54) is 0 Å². The van der Waals surface area contributed by atoms with Gasteiger partial charge in [-0.2, -0.15) is 5.26 Å². The highest BCUT2D eigenvalue weighted by atomic mass is 16.6. The summed E-state index contributed by atoms with van der Waals surface area (Å²) in [5.74, 6) is 2.01. The lowest BCUT2D eigenvalue weighted by molar-refractivity contribution is -0.177. The molecular weight excluding hydrogens is 404 g/mol. The molecule has 5 fully saturated rings. The summed E-state index contributed by atoms with van der Waals surface area (Å²) in [6.45, 7) is 1.27. The van der Waals surface area contributed by atoms with Gasteiger partial charge in [-0.3, -0.25) is 0 Å². The van der Waals surface area contributed by atoms with Crippen LogP contribution in [0.4, 0.5) is 10.6 Å². The summed E-state index contributed by atoms with van der Waals surface area (Å²) in [5.41, 5.74) is 0.954. The Bertz CT molecular complexity index is 1100. The topological polar surface area (TPSA) is 98.5 Å². The summed E-state index contributed by atoms with van der Waals surface area (Å²) in [6, 6.07) is 11.6. The van der Waals surface area contributed by atoms with Crippen LogP contribution in [0.1, 0.15) is 44.1 Å². The molecule has 7 nitrogen and oxygen atoms in total. The minimum atomic E-state index is -0.509. The average Bonchev–Trinajstić information content (AvgIpc) is 3.23. The number of likely N-dealkylation sites (tertiary alicyclic amines) is 1. The lowest BCUT2D eigenvalue weighted by Gasteiger charge is -2.57. The molecule has 1 aliphatic heterocycles. The molecule has 4 aliphatic carbocycles. The lowest BCUT2D eigenvalue weighted by Crippen LogP contribution is -2.58. The number of carbonyl (C=O) groups is 1. The Labute approximate surface area is 187 Å². The Morgan fingerprint density at radius 2 is 2.03 bits per heavy atom. The van der Waals surface area contributed by atoms with Crippen molar-refractivity contribution in [3.63, 3.8) is 0 Å². The number of fused-ring (bicyclic) bond motifs is 1. The molecule has 0 radical (unpaired) electrons. The van der Waals surface area contributed by atoms with Crippen molar-refractivity contribution in [3.05, 3.63) is 35.9 Å². The second-order valence-electron chi connectivity index (χ2n) is 10.3. The first kappa shape index (κ1) is 19.8. The number of nitriles is 1. The van der Waals surface area contributed by atoms with Gasteiger partial charge < -0.3 is 20.1 Å². The first-order chi connectivity index (χ1) is 15.5. The molecule has 0 spiro atoms. The summed E-state index contributed by atoms with van der Waals surface area (Å²) in [6.07, 6.45) is 5.27. The quantitative estimate of drug-likeness (QED) is 0.768. The first-order valence-corrected chi connectivity index (χ1v) is 11.7. The van der Waals surface area contributed by atoms with E-state index in [9.17, 15) is 9.90 Å². The molecule has 2 aromatic rings. The van der Waals surface area contributed by atoms with Gasteiger partial charge in [0.25, 0.3) is 0 Å². The van der Waals surface area contributed by atoms with Crippen molar-refractivity contribution in [1.29, 1.82) is 5.26 Å². The molecule has 2 unspecified atom stereocenters. The molecule has 166 valence electrons. The van der Waals surface area contributed by atoms with Crippen molar-refractivity contribution in [2.24, 2.45) is 17.8 Å². The number of carbonyl (C=O) groups excluding carboxylic acids is 1. The lowest BCUT2D eigenvalue weighted by atomic mass is 9.53. The number of nitrogens with one attached hydrogen (secondary N) is 1. The van der Waals surface area contributed by atoms with E-state index in [1.54, 1.807) is 11.0 Å². The Morgan fingerprint density at radius 1 is 1.22 bits per heavy atom. The third-order valence-electron chi connectivity index (χ3n) is 8.01. The maximum Gasteiger partial charge on any atom is 0.410 e. The second-order valence-corrected chi connectivity index (χ2v) is 10.3. The van der Waals surface area contributed by atoms with Crippen LogP contribution in [0.15, 0.2) is 30.3 Å². The fourth-order valence-electron chi connectivity index (χ4n) is 6.85. The van der Waals surface area contributed by atoms with Crippen LogP contribution in [-0.4, -0.2) is 51.9 Å². The fourth-order valence-corrected chi connectivity index (χ4v) is 6.85. The minimum absolute atomic E-state index is 0.0354. The minimum Gasteiger partial charge on any atom is -0.446 e. The maximum absolute atomic E-state index is 12.9. The van der Waals surface area contributed by atoms with Gasteiger partial charge in [-0.05, 0) is 86.6 Å². The number of rotatable bonds is 3. The van der Waals surface area contributed by atoms with E-state index in [4.69, 9.17) is 10.00 Å². The van der Waals surface area contributed by atoms with Crippen molar-refractivity contribution in [2.45, 2.75) is 56.3 Å². The van der Waals surface area contributed by atoms with E-state index < -0.39 is 5.60 Å². The Morgan fingerprint density at radius 3 is 2.78 bits per heavy atom. The fraction of sp³-hybridized carbons (Fsp3) is 0.560. The zero-order valence-corrected chi connectivity index (χ0v) is 18.0. The molecule has 2 heterocycles. The van der Waals surface area contributed by atoms with Gasteiger partial charge in [0.15, 0.2) is 0 Å². The van der Waals surface area contributed by atoms with E-state index in [1.807, 2.05) is 24.3 Å². The van der Waals surface area contributed by atoms with Crippen LogP contribution in [0.25, 0.3) is 10.9 Å². The number of hydrogen-bond acceptors (Lipinski definition) is 6. The summed E-state index contributed by atoms with van der Waals surface area (Å²) < 4.78 is 6.04. The molecule has 1 aromatic carbocycles. The summed E-state index contributed by atoms with van der Waals surface area (Å²) in [4.78, 5) is 19.4. The number of pyridine rings is 1. The van der Waals surface area contributed by atoms with Crippen LogP contribution in [0.2, 0.25) is 0 Å². The number of nitrogens with zero attached hydrogens (tertiary/aromatic N) is 3. The zero-order chi connectivity index (χ0) is 21.9. The Kier molecular flexibility index (Phi) is 4.55. The number of anilines is 1. The number of aromatic nitrogens is 1. The van der Waals surface area contributed by atoms with Crippen molar-refractivity contribution in [2.75, 3.05) is 18.4 Å². The van der Waals surface area contributed by atoms with Gasteiger partial charge in [-0.15, -0.1) is 0 Å². The van der Waals surface area contributed by atoms with E-state index in [0.717, 1.165) is 55.2 Å². The average molecular weight is 433 g/mol. The summed E-state index contributed by atoms with van der Waals surface area (Å²) in [5, 5.41) is 24.2. The number of amides is 1. The van der Waals surface area contributed by atoms with Crippen molar-refractivity contribution in [1.82, 2.24) is 9.88 Å². The first-order valence-electron chi connectivity index (χ1n) is 11.7. The molecule has 1 amide bonds. The molecule has 4 saturated carbocycles. The maximum atomic E-state index is 12.9. The number of ether oxygens (including phenoxy) is 1. The zero-order valence-electron chi connectivity index (χ0n) is 18.0. The molecule has 4 bridgehead atoms. The van der Waals surface area contributed by atoms with E-state index in [2.05, 4.69) is 16.4 Å². The molecule has 32 heavy (non-hydrogen) atoms. The summed E-state index contributed by atoms with van der Waals surface area (Å²) >= 11 is 0. The highest BCUT2D eigenvalue weighted by molar-refractivity contribution is 5.81. The molecule has 7 rings (SSSR count). The van der Waals surface area contributed by atoms with Gasteiger partial charge in [0.2, 0.25) is 0 Å². The molecule has 3 atom stereocenters. The van der Waals surface area contributed by atoms with Crippen molar-refractivity contribution < 1.29 is 14.6 Å². The van der Waals surface area contributed by atoms with Crippen LogP contribution < -0.4 is 5.32 Å². The van der Waals surface area contributed by atoms with E-state index >= 15 is 0 Å². The molecule has 1 aromatic heterocycles. The summed E-state index contributed by atoms with van der Waals surface area (Å²) in [7, 11) is 0. The molecule has 2 N–H and O–H groups in total. The number of aliphatic hydroxyl groups is 1. The van der Waals surface area contributed by atoms with Gasteiger partial charge in [0.1, 0.15) is 11.9 Å². The normalized spacial score (nSPS) is 35.1. The molecule has 5 aliphatic rings. The Balaban J connectivity index is 1.07. The standard InChI is InChI=1S/C25H28N4O3/c26-13-15-1-3-21-17(7-15)2-4-22(28-21)27-20-5-6-29(14-20)24(30)32-23-18-8-16-9-19(23)12-25(31,10-16)11-18/h1-4,7,16,18-20,23,31H,5-6,8-12,14H2,(H,27,28)/t16?,18?,19?,20-,23?,25?/m1/s1. The van der Waals surface area contributed by atoms with Gasteiger partial charge in [-0.1, -0.05) is 0 Å². The monoisotopic (exact) mass is 432 g/mol. The van der Waals surface area contributed by atoms with Crippen molar-refractivity contribution in [3.8, 4) is 6.07 Å². The van der Waals surface area contributed by atoms with Crippen LogP contribution in [0.3, 0.4) is 0 Å². The van der Waals surface area contributed by atoms with Gasteiger partial charge in [-0.25, -0.2) is 9.78 Å². The van der Waals surface area contributed by atoms with Gasteiger partial charge >= 0.3 is 6.09 Å². The third-order valence-corrected chi connectivity index (χ3v) is 8.01. The molecule has 1 saturated heterocycles. The van der Waals surface area contributed by atoms with Crippen LogP contribution in [0, 0.1) is 29.1 Å². The number of benzene rings is 1. The largest absolute Gasteiger partial charge is 0.446 e. The van der Waals surface area contributed by atoms with Gasteiger partial charge in [0.05, 0.1) is 22.8 Å². The van der Waals surface area contributed by atoms with Crippen LogP contribution in [0.5, 0.6) is 0 Å². The highest BCUT2D eigenvalue weighted by Crippen LogP contribution is 2.56. The smallest absolute Gasteiger partial charge is 0.410 e. The van der Waals surface area contributed by atoms with Crippen LogP contribution in [-0.2, 0) is 4.74 Å². The van der Waals surface area contributed by atoms with Gasteiger partial charge in [0, 0.05) is 24.5 Å². The molecular formula is C25H28N4O3.